The maximum absolute atomic E-state index is 14.4. The van der Waals surface area contributed by atoms with Crippen LogP contribution in [0.5, 0.6) is 0 Å². The number of pyridine rings is 1. The standard InChI is InChI=1S/C22H23FN6O3/c1-13-4-3-5-15(23)17(13)21-27-18(20(24)30)19(32-21)14-6-7-16(26-12-14)28-8-10-29(11-9-28)22(31)25-2/h3-7,12H,8-11H2,1-2H3,(H2,24,30)(H,25,31). The molecule has 0 spiro atoms. The number of halogens is 1. The summed E-state index contributed by atoms with van der Waals surface area (Å²) in [7, 11) is 1.61. The lowest BCUT2D eigenvalue weighted by Crippen LogP contribution is -2.51. The van der Waals surface area contributed by atoms with Crippen molar-refractivity contribution >= 4 is 17.8 Å². The molecule has 1 fully saturated rings. The van der Waals surface area contributed by atoms with Crippen LogP contribution in [0.15, 0.2) is 40.9 Å². The van der Waals surface area contributed by atoms with Crippen molar-refractivity contribution in [1.82, 2.24) is 20.2 Å². The van der Waals surface area contributed by atoms with Crippen LogP contribution in [0.2, 0.25) is 0 Å². The van der Waals surface area contributed by atoms with E-state index < -0.39 is 11.7 Å². The molecule has 3 N–H and O–H groups in total. The Labute approximate surface area is 184 Å². The number of rotatable bonds is 4. The minimum absolute atomic E-state index is 0.0150. The Morgan fingerprint density at radius 3 is 2.50 bits per heavy atom. The van der Waals surface area contributed by atoms with E-state index in [1.54, 1.807) is 49.3 Å². The summed E-state index contributed by atoms with van der Waals surface area (Å²) >= 11 is 0. The Kier molecular flexibility index (Phi) is 5.76. The lowest BCUT2D eigenvalue weighted by Gasteiger charge is -2.35. The fourth-order valence-electron chi connectivity index (χ4n) is 3.70. The van der Waals surface area contributed by atoms with Gasteiger partial charge in [-0.25, -0.2) is 19.2 Å². The minimum atomic E-state index is -0.779. The maximum Gasteiger partial charge on any atom is 0.317 e. The van der Waals surface area contributed by atoms with E-state index in [2.05, 4.69) is 20.2 Å². The second-order valence-electron chi connectivity index (χ2n) is 7.43. The molecule has 0 radical (unpaired) electrons. The first kappa shape index (κ1) is 21.3. The smallest absolute Gasteiger partial charge is 0.317 e. The maximum atomic E-state index is 14.4. The normalized spacial score (nSPS) is 13.8. The van der Waals surface area contributed by atoms with Crippen LogP contribution in [0.25, 0.3) is 22.8 Å². The molecule has 0 saturated carbocycles. The van der Waals surface area contributed by atoms with Gasteiger partial charge in [0.25, 0.3) is 5.91 Å². The van der Waals surface area contributed by atoms with E-state index in [0.29, 0.717) is 37.3 Å². The number of primary amides is 1. The fraction of sp³-hybridized carbons (Fsp3) is 0.273. The number of nitrogens with two attached hydrogens (primary N) is 1. The Morgan fingerprint density at radius 2 is 1.91 bits per heavy atom. The van der Waals surface area contributed by atoms with Gasteiger partial charge in [0.15, 0.2) is 11.5 Å². The predicted molar refractivity (Wildman–Crippen MR) is 117 cm³/mol. The largest absolute Gasteiger partial charge is 0.435 e. The lowest BCUT2D eigenvalue weighted by molar-refractivity contribution is 0.0996. The lowest BCUT2D eigenvalue weighted by atomic mass is 10.1. The Bertz CT molecular complexity index is 1130. The molecule has 3 amide bonds. The molecule has 1 aliphatic rings. The van der Waals surface area contributed by atoms with Gasteiger partial charge in [-0.1, -0.05) is 12.1 Å². The number of aryl methyl sites for hydroxylation is 1. The van der Waals surface area contributed by atoms with Gasteiger partial charge in [-0.15, -0.1) is 0 Å². The molecular weight excluding hydrogens is 415 g/mol. The molecular formula is C22H23FN6O3. The van der Waals surface area contributed by atoms with Crippen LogP contribution < -0.4 is 16.0 Å². The average molecular weight is 438 g/mol. The highest BCUT2D eigenvalue weighted by molar-refractivity contribution is 5.97. The van der Waals surface area contributed by atoms with Gasteiger partial charge in [-0.3, -0.25) is 4.79 Å². The first-order chi connectivity index (χ1) is 15.4. The first-order valence-electron chi connectivity index (χ1n) is 10.1. The van der Waals surface area contributed by atoms with Gasteiger partial charge in [-0.05, 0) is 30.7 Å². The molecule has 166 valence electrons. The second-order valence-corrected chi connectivity index (χ2v) is 7.43. The van der Waals surface area contributed by atoms with E-state index in [0.717, 1.165) is 5.82 Å². The number of nitrogens with one attached hydrogen (secondary N) is 1. The molecule has 3 heterocycles. The molecule has 0 unspecified atom stereocenters. The summed E-state index contributed by atoms with van der Waals surface area (Å²) in [6.45, 7) is 4.19. The summed E-state index contributed by atoms with van der Waals surface area (Å²) in [4.78, 5) is 36.2. The number of anilines is 1. The van der Waals surface area contributed by atoms with E-state index in [1.807, 2.05) is 0 Å². The molecule has 1 saturated heterocycles. The molecule has 3 aromatic rings. The molecule has 10 heteroatoms. The number of hydrogen-bond acceptors (Lipinski definition) is 6. The average Bonchev–Trinajstić information content (AvgIpc) is 3.24. The number of amides is 3. The van der Waals surface area contributed by atoms with Crippen molar-refractivity contribution in [2.75, 3.05) is 38.1 Å². The van der Waals surface area contributed by atoms with Crippen molar-refractivity contribution in [2.24, 2.45) is 5.73 Å². The zero-order valence-corrected chi connectivity index (χ0v) is 17.8. The number of benzene rings is 1. The highest BCUT2D eigenvalue weighted by atomic mass is 19.1. The van der Waals surface area contributed by atoms with Gasteiger partial charge >= 0.3 is 6.03 Å². The molecule has 1 aliphatic heterocycles. The summed E-state index contributed by atoms with van der Waals surface area (Å²) < 4.78 is 20.2. The summed E-state index contributed by atoms with van der Waals surface area (Å²) in [5.41, 5.74) is 6.71. The zero-order valence-electron chi connectivity index (χ0n) is 17.8. The van der Waals surface area contributed by atoms with Gasteiger partial charge in [0.05, 0.1) is 5.56 Å². The minimum Gasteiger partial charge on any atom is -0.435 e. The van der Waals surface area contributed by atoms with E-state index in [4.69, 9.17) is 10.2 Å². The third kappa shape index (κ3) is 3.98. The Balaban J connectivity index is 1.60. The second kappa shape index (κ2) is 8.66. The van der Waals surface area contributed by atoms with E-state index >= 15 is 0 Å². The number of carbonyl (C=O) groups is 2. The van der Waals surface area contributed by atoms with Crippen molar-refractivity contribution in [3.05, 3.63) is 53.6 Å². The fourth-order valence-corrected chi connectivity index (χ4v) is 3.70. The molecule has 1 aromatic carbocycles. The predicted octanol–water partition coefficient (Wildman–Crippen LogP) is 2.41. The van der Waals surface area contributed by atoms with E-state index in [-0.39, 0.29) is 28.9 Å². The third-order valence-corrected chi connectivity index (χ3v) is 5.41. The van der Waals surface area contributed by atoms with Crippen LogP contribution in [0, 0.1) is 12.7 Å². The summed E-state index contributed by atoms with van der Waals surface area (Å²) in [5.74, 6) is -0.426. The quantitative estimate of drug-likeness (QED) is 0.646. The number of nitrogens with zero attached hydrogens (tertiary/aromatic N) is 4. The molecule has 0 bridgehead atoms. The van der Waals surface area contributed by atoms with E-state index in [1.165, 1.54) is 6.07 Å². The molecule has 0 aliphatic carbocycles. The number of piperazine rings is 1. The van der Waals surface area contributed by atoms with Crippen LogP contribution in [0.4, 0.5) is 15.0 Å². The SMILES string of the molecule is CNC(=O)N1CCN(c2ccc(-c3oc(-c4c(C)cccc4F)nc3C(N)=O)cn2)CC1. The Morgan fingerprint density at radius 1 is 1.16 bits per heavy atom. The van der Waals surface area contributed by atoms with Crippen molar-refractivity contribution in [2.45, 2.75) is 6.92 Å². The van der Waals surface area contributed by atoms with Crippen LogP contribution in [0.3, 0.4) is 0 Å². The van der Waals surface area contributed by atoms with Crippen molar-refractivity contribution < 1.29 is 18.4 Å². The van der Waals surface area contributed by atoms with Crippen molar-refractivity contribution in [1.29, 1.82) is 0 Å². The number of hydrogen-bond donors (Lipinski definition) is 2. The zero-order chi connectivity index (χ0) is 22.8. The van der Waals surface area contributed by atoms with Crippen LogP contribution in [-0.2, 0) is 0 Å². The molecule has 9 nitrogen and oxygen atoms in total. The summed E-state index contributed by atoms with van der Waals surface area (Å²) in [5, 5.41) is 2.63. The molecule has 4 rings (SSSR count). The summed E-state index contributed by atoms with van der Waals surface area (Å²) in [6.07, 6.45) is 1.56. The molecule has 2 aromatic heterocycles. The van der Waals surface area contributed by atoms with Crippen LogP contribution in [-0.4, -0.2) is 60.0 Å². The highest BCUT2D eigenvalue weighted by Gasteiger charge is 2.24. The van der Waals surface area contributed by atoms with Gasteiger partial charge in [0.1, 0.15) is 11.6 Å². The van der Waals surface area contributed by atoms with Gasteiger partial charge < -0.3 is 25.3 Å². The third-order valence-electron chi connectivity index (χ3n) is 5.41. The number of aromatic nitrogens is 2. The Hall–Kier alpha value is -3.95. The number of carbonyl (C=O) groups excluding carboxylic acids is 2. The van der Waals surface area contributed by atoms with Crippen LogP contribution >= 0.6 is 0 Å². The summed E-state index contributed by atoms with van der Waals surface area (Å²) in [6, 6.07) is 8.07. The van der Waals surface area contributed by atoms with Crippen LogP contribution in [0.1, 0.15) is 16.1 Å². The van der Waals surface area contributed by atoms with Crippen molar-refractivity contribution in [3.8, 4) is 22.8 Å². The topological polar surface area (TPSA) is 118 Å². The molecule has 32 heavy (non-hydrogen) atoms. The van der Waals surface area contributed by atoms with Gasteiger partial charge in [0.2, 0.25) is 5.89 Å². The molecule has 0 atom stereocenters. The number of oxazole rings is 1. The van der Waals surface area contributed by atoms with E-state index in [9.17, 15) is 14.0 Å². The first-order valence-corrected chi connectivity index (χ1v) is 10.1. The van der Waals surface area contributed by atoms with Gasteiger partial charge in [-0.2, -0.15) is 0 Å². The monoisotopic (exact) mass is 438 g/mol. The number of urea groups is 1. The van der Waals surface area contributed by atoms with Gasteiger partial charge in [0, 0.05) is 45.0 Å². The van der Waals surface area contributed by atoms with Crippen molar-refractivity contribution in [3.63, 3.8) is 0 Å². The highest BCUT2D eigenvalue weighted by Crippen LogP contribution is 2.33.